The first-order valence-electron chi connectivity index (χ1n) is 9.12. The Morgan fingerprint density at radius 1 is 1.11 bits per heavy atom. The van der Waals surface area contributed by atoms with Gasteiger partial charge < -0.3 is 15.1 Å². The summed E-state index contributed by atoms with van der Waals surface area (Å²) in [5, 5.41) is 3.36. The molecule has 3 rings (SSSR count). The molecule has 0 unspecified atom stereocenters. The Hall–Kier alpha value is -1.90. The number of pyridine rings is 1. The van der Waals surface area contributed by atoms with Crippen LogP contribution in [0.2, 0.25) is 0 Å². The number of rotatable bonds is 4. The Morgan fingerprint density at radius 3 is 2.52 bits per heavy atom. The van der Waals surface area contributed by atoms with Gasteiger partial charge in [-0.3, -0.25) is 4.98 Å². The zero-order valence-corrected chi connectivity index (χ0v) is 18.2. The Kier molecular flexibility index (Phi) is 8.27. The predicted molar refractivity (Wildman–Crippen MR) is 119 cm³/mol. The van der Waals surface area contributed by atoms with E-state index < -0.39 is 0 Å². The molecule has 2 heterocycles. The van der Waals surface area contributed by atoms with Crippen LogP contribution in [0, 0.1) is 12.7 Å². The second-order valence-electron chi connectivity index (χ2n) is 6.37. The number of para-hydroxylation sites is 1. The van der Waals surface area contributed by atoms with Crippen LogP contribution in [-0.2, 0) is 6.54 Å². The average Bonchev–Trinajstić information content (AvgIpc) is 2.66. The second kappa shape index (κ2) is 10.4. The summed E-state index contributed by atoms with van der Waals surface area (Å²) in [6.07, 6.45) is 0. The van der Waals surface area contributed by atoms with Gasteiger partial charge in [-0.05, 0) is 38.1 Å². The normalized spacial score (nSPS) is 14.7. The van der Waals surface area contributed by atoms with E-state index in [1.165, 1.54) is 6.07 Å². The molecule has 2 aromatic rings. The SMILES string of the molecule is CCNC(=NCc1cccc(C)n1)N1CCN(c2ccccc2F)CC1.I. The minimum absolute atomic E-state index is 0. The highest BCUT2D eigenvalue weighted by atomic mass is 127. The largest absolute Gasteiger partial charge is 0.366 e. The Morgan fingerprint density at radius 2 is 1.85 bits per heavy atom. The Labute approximate surface area is 177 Å². The number of aromatic nitrogens is 1. The first-order chi connectivity index (χ1) is 12.7. The van der Waals surface area contributed by atoms with Crippen molar-refractivity contribution in [3.63, 3.8) is 0 Å². The third-order valence-electron chi connectivity index (χ3n) is 4.44. The molecule has 1 saturated heterocycles. The van der Waals surface area contributed by atoms with E-state index in [1.807, 2.05) is 37.3 Å². The quantitative estimate of drug-likeness (QED) is 0.411. The molecule has 5 nitrogen and oxygen atoms in total. The van der Waals surface area contributed by atoms with E-state index in [0.717, 1.165) is 50.1 Å². The van der Waals surface area contributed by atoms with Gasteiger partial charge in [-0.1, -0.05) is 18.2 Å². The number of hydrogen-bond donors (Lipinski definition) is 1. The molecular weight excluding hydrogens is 456 g/mol. The van der Waals surface area contributed by atoms with Crippen molar-refractivity contribution in [2.75, 3.05) is 37.6 Å². The minimum atomic E-state index is -0.160. The van der Waals surface area contributed by atoms with Crippen molar-refractivity contribution < 1.29 is 4.39 Å². The smallest absolute Gasteiger partial charge is 0.194 e. The van der Waals surface area contributed by atoms with E-state index in [2.05, 4.69) is 27.0 Å². The molecule has 1 fully saturated rings. The van der Waals surface area contributed by atoms with Gasteiger partial charge in [0, 0.05) is 38.4 Å². The van der Waals surface area contributed by atoms with Gasteiger partial charge in [0.15, 0.2) is 5.96 Å². The number of aliphatic imine (C=N–C) groups is 1. The van der Waals surface area contributed by atoms with Crippen molar-refractivity contribution in [1.82, 2.24) is 15.2 Å². The fraction of sp³-hybridized carbons (Fsp3) is 0.400. The number of anilines is 1. The lowest BCUT2D eigenvalue weighted by Crippen LogP contribution is -2.52. The second-order valence-corrected chi connectivity index (χ2v) is 6.37. The third-order valence-corrected chi connectivity index (χ3v) is 4.44. The van der Waals surface area contributed by atoms with Crippen LogP contribution in [0.25, 0.3) is 0 Å². The molecule has 1 aromatic heterocycles. The molecule has 1 aromatic carbocycles. The lowest BCUT2D eigenvalue weighted by Gasteiger charge is -2.37. The van der Waals surface area contributed by atoms with Crippen LogP contribution < -0.4 is 10.2 Å². The molecule has 7 heteroatoms. The van der Waals surface area contributed by atoms with E-state index in [0.29, 0.717) is 12.2 Å². The lowest BCUT2D eigenvalue weighted by atomic mass is 10.2. The fourth-order valence-electron chi connectivity index (χ4n) is 3.14. The van der Waals surface area contributed by atoms with Crippen LogP contribution in [0.15, 0.2) is 47.5 Å². The molecule has 0 aliphatic carbocycles. The summed E-state index contributed by atoms with van der Waals surface area (Å²) >= 11 is 0. The maximum atomic E-state index is 14.0. The number of benzene rings is 1. The first-order valence-corrected chi connectivity index (χ1v) is 9.12. The Balaban J connectivity index is 0.00000261. The van der Waals surface area contributed by atoms with Gasteiger partial charge in [-0.2, -0.15) is 0 Å². The molecule has 27 heavy (non-hydrogen) atoms. The first kappa shape index (κ1) is 21.4. The molecule has 1 aliphatic heterocycles. The van der Waals surface area contributed by atoms with Gasteiger partial charge in [0.1, 0.15) is 5.82 Å². The molecule has 0 radical (unpaired) electrons. The zero-order valence-electron chi connectivity index (χ0n) is 15.9. The average molecular weight is 483 g/mol. The van der Waals surface area contributed by atoms with E-state index in [9.17, 15) is 4.39 Å². The number of halogens is 2. The predicted octanol–water partition coefficient (Wildman–Crippen LogP) is 3.43. The van der Waals surface area contributed by atoms with Crippen LogP contribution in [0.1, 0.15) is 18.3 Å². The van der Waals surface area contributed by atoms with Gasteiger partial charge >= 0.3 is 0 Å². The summed E-state index contributed by atoms with van der Waals surface area (Å²) in [6.45, 7) is 8.58. The van der Waals surface area contributed by atoms with Crippen LogP contribution in [0.3, 0.4) is 0 Å². The molecular formula is C20H27FIN5. The van der Waals surface area contributed by atoms with Gasteiger partial charge in [-0.25, -0.2) is 9.38 Å². The number of piperazine rings is 1. The molecule has 1 aliphatic rings. The molecule has 0 atom stereocenters. The highest BCUT2D eigenvalue weighted by Gasteiger charge is 2.21. The van der Waals surface area contributed by atoms with E-state index in [1.54, 1.807) is 6.07 Å². The topological polar surface area (TPSA) is 43.8 Å². The highest BCUT2D eigenvalue weighted by molar-refractivity contribution is 14.0. The van der Waals surface area contributed by atoms with Gasteiger partial charge in [0.25, 0.3) is 0 Å². The molecule has 146 valence electrons. The van der Waals surface area contributed by atoms with Crippen LogP contribution in [0.4, 0.5) is 10.1 Å². The molecule has 1 N–H and O–H groups in total. The molecule has 0 spiro atoms. The zero-order chi connectivity index (χ0) is 18.4. The number of hydrogen-bond acceptors (Lipinski definition) is 3. The van der Waals surface area contributed by atoms with Gasteiger partial charge in [-0.15, -0.1) is 24.0 Å². The van der Waals surface area contributed by atoms with Crippen molar-refractivity contribution >= 4 is 35.6 Å². The number of aryl methyl sites for hydroxylation is 1. The minimum Gasteiger partial charge on any atom is -0.366 e. The van der Waals surface area contributed by atoms with Crippen molar-refractivity contribution in [3.8, 4) is 0 Å². The van der Waals surface area contributed by atoms with Gasteiger partial charge in [0.05, 0.1) is 17.9 Å². The Bertz CT molecular complexity index is 760. The number of nitrogens with zero attached hydrogens (tertiary/aromatic N) is 4. The van der Waals surface area contributed by atoms with E-state index in [4.69, 9.17) is 4.99 Å². The fourth-order valence-corrected chi connectivity index (χ4v) is 3.14. The molecule has 0 saturated carbocycles. The summed E-state index contributed by atoms with van der Waals surface area (Å²) in [4.78, 5) is 13.6. The van der Waals surface area contributed by atoms with Crippen LogP contribution >= 0.6 is 24.0 Å². The standard InChI is InChI=1S/C20H26FN5.HI/c1-3-22-20(23-15-17-8-6-7-16(2)24-17)26-13-11-25(12-14-26)19-10-5-4-9-18(19)21;/h4-10H,3,11-15H2,1-2H3,(H,22,23);1H. The van der Waals surface area contributed by atoms with Crippen molar-refractivity contribution in [2.24, 2.45) is 4.99 Å². The summed E-state index contributed by atoms with van der Waals surface area (Å²) in [7, 11) is 0. The summed E-state index contributed by atoms with van der Waals surface area (Å²) in [5.41, 5.74) is 2.64. The molecule has 0 amide bonds. The number of guanidine groups is 1. The van der Waals surface area contributed by atoms with Crippen LogP contribution in [-0.4, -0.2) is 48.6 Å². The highest BCUT2D eigenvalue weighted by Crippen LogP contribution is 2.20. The molecule has 0 bridgehead atoms. The van der Waals surface area contributed by atoms with Crippen LogP contribution in [0.5, 0.6) is 0 Å². The van der Waals surface area contributed by atoms with Gasteiger partial charge in [0.2, 0.25) is 0 Å². The number of nitrogens with one attached hydrogen (secondary N) is 1. The summed E-state index contributed by atoms with van der Waals surface area (Å²) in [6, 6.07) is 13.0. The third kappa shape index (κ3) is 5.79. The van der Waals surface area contributed by atoms with E-state index >= 15 is 0 Å². The van der Waals surface area contributed by atoms with Crippen molar-refractivity contribution in [3.05, 3.63) is 59.7 Å². The van der Waals surface area contributed by atoms with Crippen molar-refractivity contribution in [2.45, 2.75) is 20.4 Å². The summed E-state index contributed by atoms with van der Waals surface area (Å²) < 4.78 is 14.0. The maximum absolute atomic E-state index is 14.0. The lowest BCUT2D eigenvalue weighted by molar-refractivity contribution is 0.370. The maximum Gasteiger partial charge on any atom is 0.194 e. The van der Waals surface area contributed by atoms with Crippen molar-refractivity contribution in [1.29, 1.82) is 0 Å². The van der Waals surface area contributed by atoms with E-state index in [-0.39, 0.29) is 29.8 Å². The monoisotopic (exact) mass is 483 g/mol. The summed E-state index contributed by atoms with van der Waals surface area (Å²) in [5.74, 6) is 0.732.